The molecular weight excluding hydrogens is 414 g/mol. The molecule has 1 aliphatic heterocycles. The Labute approximate surface area is 165 Å². The number of carbonyl (C=O) groups is 2. The minimum atomic E-state index is -0.324. The zero-order valence-corrected chi connectivity index (χ0v) is 17.5. The predicted molar refractivity (Wildman–Crippen MR) is 107 cm³/mol. The molecule has 1 unspecified atom stereocenters. The summed E-state index contributed by atoms with van der Waals surface area (Å²) in [4.78, 5) is 31.1. The lowest BCUT2D eigenvalue weighted by Crippen LogP contribution is -2.32. The van der Waals surface area contributed by atoms with Crippen LogP contribution in [0.25, 0.3) is 0 Å². The predicted octanol–water partition coefficient (Wildman–Crippen LogP) is 4.01. The number of nitrogens with zero attached hydrogens (tertiary/aromatic N) is 2. The van der Waals surface area contributed by atoms with Gasteiger partial charge in [-0.2, -0.15) is 0 Å². The molecule has 1 aromatic carbocycles. The maximum atomic E-state index is 12.5. The van der Waals surface area contributed by atoms with Gasteiger partial charge in [0, 0.05) is 34.4 Å². The smallest absolute Gasteiger partial charge is 0.227 e. The topological polar surface area (TPSA) is 62.3 Å². The lowest BCUT2D eigenvalue weighted by molar-refractivity contribution is -0.126. The summed E-state index contributed by atoms with van der Waals surface area (Å²) in [6, 6.07) is 5.79. The largest absolute Gasteiger partial charge is 0.350 e. The van der Waals surface area contributed by atoms with E-state index in [1.54, 1.807) is 16.2 Å². The number of benzene rings is 1. The molecule has 26 heavy (non-hydrogen) atoms. The van der Waals surface area contributed by atoms with Crippen LogP contribution in [-0.2, 0) is 16.1 Å². The Morgan fingerprint density at radius 3 is 2.88 bits per heavy atom. The van der Waals surface area contributed by atoms with Gasteiger partial charge in [-0.05, 0) is 30.7 Å². The van der Waals surface area contributed by atoms with Gasteiger partial charge in [-0.25, -0.2) is 4.98 Å². The van der Waals surface area contributed by atoms with Crippen molar-refractivity contribution in [2.75, 3.05) is 11.4 Å². The summed E-state index contributed by atoms with van der Waals surface area (Å²) in [5, 5.41) is 5.97. The molecule has 1 atom stereocenters. The highest BCUT2D eigenvalue weighted by Gasteiger charge is 2.35. The van der Waals surface area contributed by atoms with E-state index in [2.05, 4.69) is 40.1 Å². The monoisotopic (exact) mass is 435 g/mol. The van der Waals surface area contributed by atoms with E-state index in [4.69, 9.17) is 0 Å². The highest BCUT2D eigenvalue weighted by Crippen LogP contribution is 2.28. The summed E-state index contributed by atoms with van der Waals surface area (Å²) in [5.74, 6) is -0.0362. The molecule has 1 aliphatic rings. The number of halogens is 1. The van der Waals surface area contributed by atoms with Crippen molar-refractivity contribution in [1.82, 2.24) is 10.3 Å². The lowest BCUT2D eigenvalue weighted by atomic mass is 10.1. The van der Waals surface area contributed by atoms with Crippen molar-refractivity contribution in [2.45, 2.75) is 39.7 Å². The van der Waals surface area contributed by atoms with Gasteiger partial charge in [0.2, 0.25) is 11.8 Å². The van der Waals surface area contributed by atoms with Crippen LogP contribution < -0.4 is 10.2 Å². The maximum absolute atomic E-state index is 12.5. The van der Waals surface area contributed by atoms with Crippen LogP contribution in [0, 0.1) is 12.8 Å². The number of rotatable bonds is 5. The molecule has 1 fully saturated rings. The molecule has 5 nitrogen and oxygen atoms in total. The Morgan fingerprint density at radius 2 is 2.23 bits per heavy atom. The third kappa shape index (κ3) is 4.15. The van der Waals surface area contributed by atoms with Gasteiger partial charge in [-0.1, -0.05) is 29.8 Å². The van der Waals surface area contributed by atoms with Gasteiger partial charge in [-0.3, -0.25) is 9.59 Å². The van der Waals surface area contributed by atoms with Crippen molar-refractivity contribution in [3.63, 3.8) is 0 Å². The van der Waals surface area contributed by atoms with E-state index in [9.17, 15) is 9.59 Å². The first-order valence-electron chi connectivity index (χ1n) is 8.63. The van der Waals surface area contributed by atoms with Crippen LogP contribution in [0.15, 0.2) is 28.1 Å². The minimum absolute atomic E-state index is 0.0115. The number of nitrogens with one attached hydrogen (secondary N) is 1. The summed E-state index contributed by atoms with van der Waals surface area (Å²) >= 11 is 5.08. The van der Waals surface area contributed by atoms with Gasteiger partial charge in [0.1, 0.15) is 0 Å². The lowest BCUT2D eigenvalue weighted by Gasteiger charge is -2.17. The fourth-order valence-electron chi connectivity index (χ4n) is 2.92. The van der Waals surface area contributed by atoms with Gasteiger partial charge >= 0.3 is 0 Å². The first-order valence-corrected chi connectivity index (χ1v) is 10.3. The highest BCUT2D eigenvalue weighted by molar-refractivity contribution is 9.10. The summed E-state index contributed by atoms with van der Waals surface area (Å²) in [7, 11) is 0. The molecule has 0 aliphatic carbocycles. The average Bonchev–Trinajstić information content (AvgIpc) is 3.22. The summed E-state index contributed by atoms with van der Waals surface area (Å²) in [6.07, 6.45) is 0.245. The Morgan fingerprint density at radius 1 is 1.46 bits per heavy atom. The van der Waals surface area contributed by atoms with E-state index < -0.39 is 0 Å². The van der Waals surface area contributed by atoms with Crippen molar-refractivity contribution < 1.29 is 9.59 Å². The second-order valence-electron chi connectivity index (χ2n) is 6.89. The second kappa shape index (κ2) is 7.88. The zero-order valence-electron chi connectivity index (χ0n) is 15.1. The van der Waals surface area contributed by atoms with E-state index in [1.165, 1.54) is 0 Å². The molecule has 0 saturated carbocycles. The van der Waals surface area contributed by atoms with Crippen molar-refractivity contribution in [3.05, 3.63) is 44.3 Å². The standard InChI is InChI=1S/C19H22BrN3O2S/c1-11(2)19-22-14(10-26-19)8-21-18(25)13-7-17(24)23(9-13)15-4-5-16(20)12(3)6-15/h4-6,10-11,13H,7-9H2,1-3H3,(H,21,25). The van der Waals surface area contributed by atoms with E-state index in [1.807, 2.05) is 30.5 Å². The molecule has 3 rings (SSSR count). The van der Waals surface area contributed by atoms with E-state index in [0.29, 0.717) is 19.0 Å². The quantitative estimate of drug-likeness (QED) is 0.771. The number of hydrogen-bond acceptors (Lipinski definition) is 4. The number of anilines is 1. The molecule has 2 heterocycles. The van der Waals surface area contributed by atoms with Crippen molar-refractivity contribution in [2.24, 2.45) is 5.92 Å². The fraction of sp³-hybridized carbons (Fsp3) is 0.421. The van der Waals surface area contributed by atoms with Crippen molar-refractivity contribution in [3.8, 4) is 0 Å². The number of carbonyl (C=O) groups excluding carboxylic acids is 2. The number of aryl methyl sites for hydroxylation is 1. The van der Waals surface area contributed by atoms with Crippen LogP contribution in [0.3, 0.4) is 0 Å². The third-order valence-electron chi connectivity index (χ3n) is 4.46. The molecule has 0 radical (unpaired) electrons. The fourth-order valence-corrected chi connectivity index (χ4v) is 4.00. The molecule has 1 saturated heterocycles. The van der Waals surface area contributed by atoms with Crippen LogP contribution in [0.4, 0.5) is 5.69 Å². The molecule has 2 amide bonds. The Kier molecular flexibility index (Phi) is 5.77. The Hall–Kier alpha value is -1.73. The molecule has 138 valence electrons. The molecule has 0 bridgehead atoms. The van der Waals surface area contributed by atoms with Gasteiger partial charge in [0.05, 0.1) is 23.2 Å². The Bertz CT molecular complexity index is 834. The number of thiazole rings is 1. The van der Waals surface area contributed by atoms with Crippen LogP contribution in [-0.4, -0.2) is 23.3 Å². The number of aromatic nitrogens is 1. The van der Waals surface area contributed by atoms with E-state index in [-0.39, 0.29) is 24.2 Å². The summed E-state index contributed by atoms with van der Waals surface area (Å²) < 4.78 is 1.01. The van der Waals surface area contributed by atoms with Crippen LogP contribution in [0.2, 0.25) is 0 Å². The van der Waals surface area contributed by atoms with Gasteiger partial charge < -0.3 is 10.2 Å². The van der Waals surface area contributed by atoms with Crippen molar-refractivity contribution >= 4 is 44.8 Å². The SMILES string of the molecule is Cc1cc(N2CC(C(=O)NCc3csc(C(C)C)n3)CC2=O)ccc1Br. The molecular formula is C19H22BrN3O2S. The first-order chi connectivity index (χ1) is 12.3. The van der Waals surface area contributed by atoms with E-state index >= 15 is 0 Å². The van der Waals surface area contributed by atoms with E-state index in [0.717, 1.165) is 26.4 Å². The third-order valence-corrected chi connectivity index (χ3v) is 6.54. The summed E-state index contributed by atoms with van der Waals surface area (Å²) in [6.45, 7) is 7.01. The molecule has 7 heteroatoms. The molecule has 1 N–H and O–H groups in total. The van der Waals surface area contributed by atoms with Gasteiger partial charge in [0.25, 0.3) is 0 Å². The second-order valence-corrected chi connectivity index (χ2v) is 8.63. The van der Waals surface area contributed by atoms with Gasteiger partial charge in [-0.15, -0.1) is 11.3 Å². The Balaban J connectivity index is 1.60. The summed E-state index contributed by atoms with van der Waals surface area (Å²) in [5.41, 5.74) is 2.77. The molecule has 2 aromatic rings. The zero-order chi connectivity index (χ0) is 18.8. The molecule has 1 aromatic heterocycles. The number of amides is 2. The van der Waals surface area contributed by atoms with Crippen LogP contribution in [0.5, 0.6) is 0 Å². The average molecular weight is 436 g/mol. The van der Waals surface area contributed by atoms with Crippen LogP contribution in [0.1, 0.15) is 42.5 Å². The normalized spacial score (nSPS) is 17.2. The maximum Gasteiger partial charge on any atom is 0.227 e. The minimum Gasteiger partial charge on any atom is -0.350 e. The number of hydrogen-bond donors (Lipinski definition) is 1. The highest BCUT2D eigenvalue weighted by atomic mass is 79.9. The van der Waals surface area contributed by atoms with Crippen LogP contribution >= 0.6 is 27.3 Å². The van der Waals surface area contributed by atoms with Gasteiger partial charge in [0.15, 0.2) is 0 Å². The molecule has 0 spiro atoms. The van der Waals surface area contributed by atoms with Crippen molar-refractivity contribution in [1.29, 1.82) is 0 Å². The first kappa shape index (κ1) is 19.0.